The van der Waals surface area contributed by atoms with Gasteiger partial charge in [-0.1, -0.05) is 11.6 Å². The summed E-state index contributed by atoms with van der Waals surface area (Å²) >= 11 is 7.89. The van der Waals surface area contributed by atoms with Crippen molar-refractivity contribution < 1.29 is 4.79 Å². The van der Waals surface area contributed by atoms with E-state index in [0.29, 0.717) is 6.54 Å². The lowest BCUT2D eigenvalue weighted by atomic mass is 10.0. The molecule has 0 saturated carbocycles. The quantitative estimate of drug-likeness (QED) is 0.926. The van der Waals surface area contributed by atoms with Crippen molar-refractivity contribution in [3.63, 3.8) is 0 Å². The van der Waals surface area contributed by atoms with Crippen LogP contribution in [-0.2, 0) is 4.79 Å². The van der Waals surface area contributed by atoms with E-state index < -0.39 is 0 Å². The van der Waals surface area contributed by atoms with Gasteiger partial charge in [0, 0.05) is 30.1 Å². The number of hydrogen-bond acceptors (Lipinski definition) is 3. The molecule has 98 valence electrons. The molecule has 1 aromatic carbocycles. The molecule has 1 aromatic rings. The molecule has 1 N–H and O–H groups in total. The largest absolute Gasteiger partial charge is 0.348 e. The summed E-state index contributed by atoms with van der Waals surface area (Å²) in [6, 6.07) is 6.20. The zero-order valence-electron chi connectivity index (χ0n) is 10.6. The second-order valence-electron chi connectivity index (χ2n) is 4.54. The van der Waals surface area contributed by atoms with E-state index in [-0.39, 0.29) is 11.9 Å². The minimum Gasteiger partial charge on any atom is -0.348 e. The normalized spacial score (nSPS) is 18.3. The van der Waals surface area contributed by atoms with E-state index in [1.807, 2.05) is 23.9 Å². The number of thioether (sulfide) groups is 1. The number of benzene rings is 1. The number of nitrogens with zero attached hydrogens (tertiary/aromatic N) is 1. The summed E-state index contributed by atoms with van der Waals surface area (Å²) in [4.78, 5) is 14.5. The van der Waals surface area contributed by atoms with Crippen molar-refractivity contribution in [3.05, 3.63) is 28.8 Å². The average Bonchev–Trinajstić information content (AvgIpc) is 2.35. The molecule has 1 aliphatic heterocycles. The molecule has 0 saturated heterocycles. The number of carbonyl (C=O) groups is 1. The second kappa shape index (κ2) is 5.95. The Bertz CT molecular complexity index is 451. The Morgan fingerprint density at radius 1 is 1.56 bits per heavy atom. The van der Waals surface area contributed by atoms with Gasteiger partial charge in [0.25, 0.3) is 0 Å². The monoisotopic (exact) mass is 284 g/mol. The van der Waals surface area contributed by atoms with Crippen molar-refractivity contribution in [2.75, 3.05) is 26.4 Å². The topological polar surface area (TPSA) is 32.3 Å². The minimum absolute atomic E-state index is 0.0943. The van der Waals surface area contributed by atoms with E-state index in [1.165, 1.54) is 10.5 Å². The van der Waals surface area contributed by atoms with E-state index in [4.69, 9.17) is 11.6 Å². The third-order valence-corrected chi connectivity index (χ3v) is 4.37. The maximum Gasteiger partial charge on any atom is 0.236 e. The summed E-state index contributed by atoms with van der Waals surface area (Å²) < 4.78 is 0. The van der Waals surface area contributed by atoms with E-state index in [9.17, 15) is 4.79 Å². The van der Waals surface area contributed by atoms with Crippen LogP contribution in [-0.4, -0.2) is 37.2 Å². The maximum absolute atomic E-state index is 11.6. The molecule has 1 heterocycles. The summed E-state index contributed by atoms with van der Waals surface area (Å²) in [5, 5.41) is 4.07. The highest BCUT2D eigenvalue weighted by Crippen LogP contribution is 2.37. The molecular weight excluding hydrogens is 268 g/mol. The smallest absolute Gasteiger partial charge is 0.236 e. The van der Waals surface area contributed by atoms with Crippen molar-refractivity contribution in [1.29, 1.82) is 0 Å². The third kappa shape index (κ3) is 3.19. The first kappa shape index (κ1) is 13.7. The highest BCUT2D eigenvalue weighted by atomic mass is 35.5. The van der Waals surface area contributed by atoms with Crippen molar-refractivity contribution in [1.82, 2.24) is 10.2 Å². The number of halogens is 1. The van der Waals surface area contributed by atoms with Crippen molar-refractivity contribution >= 4 is 29.3 Å². The van der Waals surface area contributed by atoms with Gasteiger partial charge >= 0.3 is 0 Å². The molecule has 0 aromatic heterocycles. The first-order valence-electron chi connectivity index (χ1n) is 5.93. The van der Waals surface area contributed by atoms with Gasteiger partial charge in [0.05, 0.1) is 6.54 Å². The minimum atomic E-state index is 0.0943. The van der Waals surface area contributed by atoms with Crippen molar-refractivity contribution in [2.45, 2.75) is 17.4 Å². The summed E-state index contributed by atoms with van der Waals surface area (Å²) in [7, 11) is 3.54. The van der Waals surface area contributed by atoms with Gasteiger partial charge in [-0.15, -0.1) is 11.8 Å². The summed E-state index contributed by atoms with van der Waals surface area (Å²) in [5.41, 5.74) is 1.21. The number of amides is 1. The fraction of sp³-hybridized carbons (Fsp3) is 0.462. The lowest BCUT2D eigenvalue weighted by molar-refractivity contribution is -0.127. The Hall–Kier alpha value is -0.710. The van der Waals surface area contributed by atoms with Crippen LogP contribution in [0.2, 0.25) is 5.02 Å². The van der Waals surface area contributed by atoms with Gasteiger partial charge in [0.2, 0.25) is 5.91 Å². The van der Waals surface area contributed by atoms with Crippen LogP contribution >= 0.6 is 23.4 Å². The molecule has 5 heteroatoms. The Morgan fingerprint density at radius 2 is 2.33 bits per heavy atom. The Labute approximate surface area is 117 Å². The molecule has 0 bridgehead atoms. The van der Waals surface area contributed by atoms with Crippen LogP contribution in [0.3, 0.4) is 0 Å². The van der Waals surface area contributed by atoms with Crippen LogP contribution in [0.5, 0.6) is 0 Å². The Kier molecular flexibility index (Phi) is 4.54. The van der Waals surface area contributed by atoms with E-state index in [0.717, 1.165) is 17.2 Å². The van der Waals surface area contributed by atoms with Gasteiger partial charge in [0.1, 0.15) is 0 Å². The van der Waals surface area contributed by atoms with Crippen LogP contribution in [0.4, 0.5) is 0 Å². The van der Waals surface area contributed by atoms with Crippen LogP contribution in [0.25, 0.3) is 0 Å². The van der Waals surface area contributed by atoms with Crippen molar-refractivity contribution in [2.24, 2.45) is 0 Å². The lowest BCUT2D eigenvalue weighted by Gasteiger charge is -2.26. The van der Waals surface area contributed by atoms with E-state index >= 15 is 0 Å². The molecule has 0 aliphatic carbocycles. The van der Waals surface area contributed by atoms with Gasteiger partial charge in [-0.25, -0.2) is 0 Å². The Morgan fingerprint density at radius 3 is 3.06 bits per heavy atom. The molecule has 0 fully saturated rings. The van der Waals surface area contributed by atoms with Gasteiger partial charge in [-0.3, -0.25) is 4.79 Å². The Balaban J connectivity index is 2.08. The molecule has 1 aliphatic rings. The molecule has 3 nitrogen and oxygen atoms in total. The van der Waals surface area contributed by atoms with Gasteiger partial charge in [-0.05, 0) is 35.9 Å². The van der Waals surface area contributed by atoms with E-state index in [2.05, 4.69) is 11.4 Å². The molecule has 2 rings (SSSR count). The highest BCUT2D eigenvalue weighted by molar-refractivity contribution is 7.99. The zero-order valence-corrected chi connectivity index (χ0v) is 12.1. The SMILES string of the molecule is CN(C)C(=O)CNC1CCSc2ccc(Cl)cc21. The fourth-order valence-corrected chi connectivity index (χ4v) is 3.23. The predicted molar refractivity (Wildman–Crippen MR) is 76.2 cm³/mol. The maximum atomic E-state index is 11.6. The number of hydrogen-bond donors (Lipinski definition) is 1. The molecular formula is C13H17ClN2OS. The van der Waals surface area contributed by atoms with Crippen LogP contribution < -0.4 is 5.32 Å². The number of likely N-dealkylation sites (N-methyl/N-ethyl adjacent to an activating group) is 1. The van der Waals surface area contributed by atoms with Gasteiger partial charge in [0.15, 0.2) is 0 Å². The van der Waals surface area contributed by atoms with Crippen LogP contribution in [0, 0.1) is 0 Å². The molecule has 0 spiro atoms. The molecule has 1 atom stereocenters. The summed E-state index contributed by atoms with van der Waals surface area (Å²) in [6.45, 7) is 0.369. The van der Waals surface area contributed by atoms with E-state index in [1.54, 1.807) is 19.0 Å². The van der Waals surface area contributed by atoms with Gasteiger partial charge in [-0.2, -0.15) is 0 Å². The lowest BCUT2D eigenvalue weighted by Crippen LogP contribution is -2.36. The molecule has 1 unspecified atom stereocenters. The number of fused-ring (bicyclic) bond motifs is 1. The van der Waals surface area contributed by atoms with Crippen molar-refractivity contribution in [3.8, 4) is 0 Å². The first-order valence-corrected chi connectivity index (χ1v) is 7.30. The average molecular weight is 285 g/mol. The summed E-state index contributed by atoms with van der Waals surface area (Å²) in [5.74, 6) is 1.17. The summed E-state index contributed by atoms with van der Waals surface area (Å²) in [6.07, 6.45) is 1.03. The zero-order chi connectivity index (χ0) is 13.1. The number of nitrogens with one attached hydrogen (secondary N) is 1. The standard InChI is InChI=1S/C13H17ClN2OS/c1-16(2)13(17)8-15-11-5-6-18-12-4-3-9(14)7-10(11)12/h3-4,7,11,15H,5-6,8H2,1-2H3. The fourth-order valence-electron chi connectivity index (χ4n) is 1.95. The molecule has 1 amide bonds. The predicted octanol–water partition coefficient (Wildman–Crippen LogP) is 2.55. The molecule has 0 radical (unpaired) electrons. The third-order valence-electron chi connectivity index (χ3n) is 3.01. The number of rotatable bonds is 3. The van der Waals surface area contributed by atoms with Crippen LogP contribution in [0.15, 0.2) is 23.1 Å². The van der Waals surface area contributed by atoms with Crippen LogP contribution in [0.1, 0.15) is 18.0 Å². The second-order valence-corrected chi connectivity index (χ2v) is 6.11. The molecule has 18 heavy (non-hydrogen) atoms. The first-order chi connectivity index (χ1) is 8.58. The highest BCUT2D eigenvalue weighted by Gasteiger charge is 2.21. The number of carbonyl (C=O) groups excluding carboxylic acids is 1. The van der Waals surface area contributed by atoms with Gasteiger partial charge < -0.3 is 10.2 Å².